The van der Waals surface area contributed by atoms with Crippen LogP contribution in [0.3, 0.4) is 0 Å². The summed E-state index contributed by atoms with van der Waals surface area (Å²) in [4.78, 5) is 11.7. The SMILES string of the molecule is CCCCOCCC(CN)(C(=O)O)c1ccc(C)cc1. The minimum Gasteiger partial charge on any atom is -0.481 e. The Hall–Kier alpha value is -1.39. The summed E-state index contributed by atoms with van der Waals surface area (Å²) in [6.45, 7) is 5.23. The highest BCUT2D eigenvalue weighted by Crippen LogP contribution is 2.28. The van der Waals surface area contributed by atoms with Crippen LogP contribution in [0.5, 0.6) is 0 Å². The monoisotopic (exact) mass is 279 g/mol. The zero-order valence-electron chi connectivity index (χ0n) is 12.4. The summed E-state index contributed by atoms with van der Waals surface area (Å²) in [5.41, 5.74) is 6.58. The van der Waals surface area contributed by atoms with Crippen LogP contribution in [0.15, 0.2) is 24.3 Å². The predicted molar refractivity (Wildman–Crippen MR) is 79.9 cm³/mol. The number of carboxylic acids is 1. The first-order valence-corrected chi connectivity index (χ1v) is 7.15. The average Bonchev–Trinajstić information content (AvgIpc) is 2.44. The predicted octanol–water partition coefficient (Wildman–Crippen LogP) is 2.48. The van der Waals surface area contributed by atoms with E-state index in [9.17, 15) is 9.90 Å². The van der Waals surface area contributed by atoms with Crippen molar-refractivity contribution in [2.24, 2.45) is 5.73 Å². The van der Waals surface area contributed by atoms with E-state index < -0.39 is 11.4 Å². The van der Waals surface area contributed by atoms with Crippen molar-refractivity contribution in [2.75, 3.05) is 19.8 Å². The Morgan fingerprint density at radius 1 is 1.30 bits per heavy atom. The van der Waals surface area contributed by atoms with Gasteiger partial charge in [0.1, 0.15) is 5.41 Å². The zero-order valence-corrected chi connectivity index (χ0v) is 12.4. The standard InChI is InChI=1S/C16H25NO3/c1-3-4-10-20-11-9-16(12-17,15(18)19)14-7-5-13(2)6-8-14/h5-8H,3-4,9-12,17H2,1-2H3,(H,18,19). The topological polar surface area (TPSA) is 72.5 Å². The Morgan fingerprint density at radius 3 is 2.45 bits per heavy atom. The number of hydrogen-bond acceptors (Lipinski definition) is 3. The van der Waals surface area contributed by atoms with Crippen molar-refractivity contribution in [3.63, 3.8) is 0 Å². The van der Waals surface area contributed by atoms with Gasteiger partial charge in [-0.25, -0.2) is 0 Å². The molecule has 0 amide bonds. The molecule has 4 heteroatoms. The van der Waals surface area contributed by atoms with Crippen molar-refractivity contribution in [1.82, 2.24) is 0 Å². The Balaban J connectivity index is 2.81. The molecule has 0 fully saturated rings. The van der Waals surface area contributed by atoms with Crippen LogP contribution in [-0.4, -0.2) is 30.8 Å². The molecule has 1 aromatic carbocycles. The first-order valence-electron chi connectivity index (χ1n) is 7.15. The number of carbonyl (C=O) groups is 1. The molecule has 3 N–H and O–H groups in total. The van der Waals surface area contributed by atoms with Crippen molar-refractivity contribution in [2.45, 2.75) is 38.5 Å². The van der Waals surface area contributed by atoms with E-state index in [1.165, 1.54) is 0 Å². The van der Waals surface area contributed by atoms with Gasteiger partial charge in [-0.2, -0.15) is 0 Å². The second kappa shape index (κ2) is 8.02. The lowest BCUT2D eigenvalue weighted by molar-refractivity contribution is -0.144. The molecule has 0 aliphatic carbocycles. The molecule has 0 aliphatic rings. The molecule has 112 valence electrons. The smallest absolute Gasteiger partial charge is 0.315 e. The summed E-state index contributed by atoms with van der Waals surface area (Å²) in [6, 6.07) is 7.53. The van der Waals surface area contributed by atoms with Crippen LogP contribution in [0.4, 0.5) is 0 Å². The molecule has 0 saturated heterocycles. The largest absolute Gasteiger partial charge is 0.481 e. The highest BCUT2D eigenvalue weighted by atomic mass is 16.5. The van der Waals surface area contributed by atoms with Gasteiger partial charge in [-0.1, -0.05) is 43.2 Å². The fraction of sp³-hybridized carbons (Fsp3) is 0.562. The summed E-state index contributed by atoms with van der Waals surface area (Å²) in [5, 5.41) is 9.61. The molecule has 0 heterocycles. The van der Waals surface area contributed by atoms with Gasteiger partial charge < -0.3 is 15.6 Å². The Kier molecular flexibility index (Phi) is 6.68. The number of ether oxygens (including phenoxy) is 1. The second-order valence-electron chi connectivity index (χ2n) is 5.17. The van der Waals surface area contributed by atoms with Gasteiger partial charge in [-0.3, -0.25) is 4.79 Å². The summed E-state index contributed by atoms with van der Waals surface area (Å²) in [7, 11) is 0. The van der Waals surface area contributed by atoms with Crippen LogP contribution in [0.25, 0.3) is 0 Å². The molecule has 0 bridgehead atoms. The lowest BCUT2D eigenvalue weighted by Crippen LogP contribution is -2.44. The normalized spacial score (nSPS) is 13.9. The van der Waals surface area contributed by atoms with Crippen molar-refractivity contribution in [3.8, 4) is 0 Å². The van der Waals surface area contributed by atoms with Gasteiger partial charge in [-0.15, -0.1) is 0 Å². The molecule has 1 unspecified atom stereocenters. The molecule has 0 saturated carbocycles. The summed E-state index contributed by atoms with van der Waals surface area (Å²) < 4.78 is 5.51. The van der Waals surface area contributed by atoms with Gasteiger partial charge in [0.25, 0.3) is 0 Å². The van der Waals surface area contributed by atoms with Crippen LogP contribution >= 0.6 is 0 Å². The Morgan fingerprint density at radius 2 is 1.95 bits per heavy atom. The number of hydrogen-bond donors (Lipinski definition) is 2. The number of aliphatic carboxylic acids is 1. The molecule has 0 aliphatic heterocycles. The van der Waals surface area contributed by atoms with E-state index in [2.05, 4.69) is 6.92 Å². The Labute approximate surface area is 120 Å². The van der Waals surface area contributed by atoms with Crippen molar-refractivity contribution in [3.05, 3.63) is 35.4 Å². The fourth-order valence-electron chi connectivity index (χ4n) is 2.15. The van der Waals surface area contributed by atoms with Crippen LogP contribution in [0.1, 0.15) is 37.3 Å². The molecule has 1 aromatic rings. The minimum absolute atomic E-state index is 0.0720. The van der Waals surface area contributed by atoms with Crippen molar-refractivity contribution >= 4 is 5.97 Å². The van der Waals surface area contributed by atoms with E-state index in [-0.39, 0.29) is 6.54 Å². The van der Waals surface area contributed by atoms with Crippen LogP contribution in [0.2, 0.25) is 0 Å². The van der Waals surface area contributed by atoms with Gasteiger partial charge in [0, 0.05) is 19.8 Å². The molecule has 0 aromatic heterocycles. The number of aryl methyl sites for hydroxylation is 1. The third-order valence-electron chi connectivity index (χ3n) is 3.68. The number of benzene rings is 1. The second-order valence-corrected chi connectivity index (χ2v) is 5.17. The Bertz CT molecular complexity index is 416. The van der Waals surface area contributed by atoms with Gasteiger partial charge in [0.2, 0.25) is 0 Å². The average molecular weight is 279 g/mol. The van der Waals surface area contributed by atoms with Gasteiger partial charge >= 0.3 is 5.97 Å². The van der Waals surface area contributed by atoms with E-state index in [0.717, 1.165) is 24.0 Å². The van der Waals surface area contributed by atoms with Gasteiger partial charge in [0.15, 0.2) is 0 Å². The van der Waals surface area contributed by atoms with Gasteiger partial charge in [-0.05, 0) is 25.3 Å². The first kappa shape index (κ1) is 16.7. The maximum absolute atomic E-state index is 11.7. The third-order valence-corrected chi connectivity index (χ3v) is 3.68. The highest BCUT2D eigenvalue weighted by molar-refractivity contribution is 5.81. The minimum atomic E-state index is -1.06. The van der Waals surface area contributed by atoms with E-state index >= 15 is 0 Å². The van der Waals surface area contributed by atoms with Gasteiger partial charge in [0.05, 0.1) is 0 Å². The first-order chi connectivity index (χ1) is 9.56. The molecule has 20 heavy (non-hydrogen) atoms. The lowest BCUT2D eigenvalue weighted by Gasteiger charge is -2.28. The number of carboxylic acid groups (broad SMARTS) is 1. The number of unbranched alkanes of at least 4 members (excludes halogenated alkanes) is 1. The molecule has 0 spiro atoms. The molecule has 1 atom stereocenters. The zero-order chi connectivity index (χ0) is 15.0. The van der Waals surface area contributed by atoms with E-state index in [1.807, 2.05) is 31.2 Å². The molecule has 0 radical (unpaired) electrons. The van der Waals surface area contributed by atoms with E-state index in [4.69, 9.17) is 10.5 Å². The van der Waals surface area contributed by atoms with Crippen LogP contribution in [-0.2, 0) is 14.9 Å². The summed E-state index contributed by atoms with van der Waals surface area (Å²) >= 11 is 0. The highest BCUT2D eigenvalue weighted by Gasteiger charge is 2.38. The van der Waals surface area contributed by atoms with E-state index in [0.29, 0.717) is 19.6 Å². The molecular formula is C16H25NO3. The summed E-state index contributed by atoms with van der Waals surface area (Å²) in [6.07, 6.45) is 2.46. The lowest BCUT2D eigenvalue weighted by atomic mass is 9.77. The van der Waals surface area contributed by atoms with E-state index in [1.54, 1.807) is 0 Å². The van der Waals surface area contributed by atoms with Crippen molar-refractivity contribution < 1.29 is 14.6 Å². The quantitative estimate of drug-likeness (QED) is 0.681. The fourth-order valence-corrected chi connectivity index (χ4v) is 2.15. The van der Waals surface area contributed by atoms with Crippen LogP contribution < -0.4 is 5.73 Å². The third kappa shape index (κ3) is 4.05. The van der Waals surface area contributed by atoms with Crippen molar-refractivity contribution in [1.29, 1.82) is 0 Å². The molecular weight excluding hydrogens is 254 g/mol. The molecule has 4 nitrogen and oxygen atoms in total. The molecule has 1 rings (SSSR count). The number of rotatable bonds is 9. The number of nitrogens with two attached hydrogens (primary N) is 1. The van der Waals surface area contributed by atoms with Crippen LogP contribution in [0, 0.1) is 6.92 Å². The summed E-state index contributed by atoms with van der Waals surface area (Å²) in [5.74, 6) is -0.886. The maximum Gasteiger partial charge on any atom is 0.315 e. The maximum atomic E-state index is 11.7.